The third-order valence-electron chi connectivity index (χ3n) is 4.48. The Balaban J connectivity index is 1.73. The summed E-state index contributed by atoms with van der Waals surface area (Å²) in [5.74, 6) is -3.07. The second-order valence-electron chi connectivity index (χ2n) is 6.47. The van der Waals surface area contributed by atoms with Gasteiger partial charge >= 0.3 is 0 Å². The summed E-state index contributed by atoms with van der Waals surface area (Å²) in [7, 11) is 0. The number of halogens is 2. The molecule has 0 aromatic carbocycles. The molecule has 0 aromatic rings. The van der Waals surface area contributed by atoms with Gasteiger partial charge in [-0.2, -0.15) is 0 Å². The summed E-state index contributed by atoms with van der Waals surface area (Å²) in [4.78, 5) is 27.7. The zero-order valence-corrected chi connectivity index (χ0v) is 13.8. The Morgan fingerprint density at radius 3 is 2.48 bits per heavy atom. The van der Waals surface area contributed by atoms with E-state index in [2.05, 4.69) is 10.6 Å². The van der Waals surface area contributed by atoms with Crippen LogP contribution in [-0.2, 0) is 9.59 Å². The van der Waals surface area contributed by atoms with Gasteiger partial charge in [0.2, 0.25) is 11.8 Å². The van der Waals surface area contributed by atoms with Gasteiger partial charge in [0, 0.05) is 38.6 Å². The minimum atomic E-state index is -2.80. The summed E-state index contributed by atoms with van der Waals surface area (Å²) >= 11 is 0. The van der Waals surface area contributed by atoms with Gasteiger partial charge in [-0.05, 0) is 13.3 Å². The molecule has 2 amide bonds. The van der Waals surface area contributed by atoms with Gasteiger partial charge in [-0.3, -0.25) is 19.8 Å². The van der Waals surface area contributed by atoms with Crippen LogP contribution in [0.25, 0.3) is 0 Å². The van der Waals surface area contributed by atoms with E-state index in [-0.39, 0.29) is 17.9 Å². The highest BCUT2D eigenvalue weighted by Gasteiger charge is 2.43. The van der Waals surface area contributed by atoms with Crippen LogP contribution in [0.2, 0.25) is 0 Å². The molecule has 0 aliphatic carbocycles. The number of alkyl halides is 2. The van der Waals surface area contributed by atoms with Crippen LogP contribution in [-0.4, -0.2) is 78.9 Å². The predicted octanol–water partition coefficient (Wildman–Crippen LogP) is 0.0425. The fourth-order valence-corrected chi connectivity index (χ4v) is 2.86. The molecule has 2 aliphatic heterocycles. The van der Waals surface area contributed by atoms with Crippen LogP contribution >= 0.6 is 0 Å². The Hall–Kier alpha value is -1.28. The van der Waals surface area contributed by atoms with Gasteiger partial charge in [0.25, 0.3) is 5.92 Å². The summed E-state index contributed by atoms with van der Waals surface area (Å²) in [6.07, 6.45) is 0.455. The van der Waals surface area contributed by atoms with Crippen molar-refractivity contribution in [1.29, 1.82) is 0 Å². The Kier molecular flexibility index (Phi) is 5.91. The lowest BCUT2D eigenvalue weighted by atomic mass is 10.1. The number of hydrogen-bond acceptors (Lipinski definition) is 4. The minimum absolute atomic E-state index is 0.0174. The SMILES string of the molecule is CCC(C)NC(=O)CN1CCN(C(=O)C2CC(F)(F)CN2)CC1. The van der Waals surface area contributed by atoms with E-state index in [0.29, 0.717) is 32.7 Å². The third kappa shape index (κ3) is 5.10. The standard InChI is InChI=1S/C15H26F2N4O2/c1-3-11(2)19-13(22)9-20-4-6-21(7-5-20)14(23)12-8-15(16,17)10-18-12/h11-12,18H,3-10H2,1-2H3,(H,19,22). The highest BCUT2D eigenvalue weighted by Crippen LogP contribution is 2.26. The summed E-state index contributed by atoms with van der Waals surface area (Å²) in [5.41, 5.74) is 0. The molecule has 2 saturated heterocycles. The van der Waals surface area contributed by atoms with Crippen molar-refractivity contribution in [3.05, 3.63) is 0 Å². The molecule has 132 valence electrons. The molecule has 2 atom stereocenters. The van der Waals surface area contributed by atoms with Gasteiger partial charge in [-0.15, -0.1) is 0 Å². The molecule has 0 saturated carbocycles. The first-order valence-corrected chi connectivity index (χ1v) is 8.22. The van der Waals surface area contributed by atoms with Crippen LogP contribution < -0.4 is 10.6 Å². The Labute approximate surface area is 135 Å². The smallest absolute Gasteiger partial charge is 0.262 e. The molecule has 23 heavy (non-hydrogen) atoms. The Morgan fingerprint density at radius 2 is 1.96 bits per heavy atom. The first-order chi connectivity index (χ1) is 10.8. The van der Waals surface area contributed by atoms with E-state index in [1.54, 1.807) is 4.90 Å². The lowest BCUT2D eigenvalue weighted by molar-refractivity contribution is -0.135. The van der Waals surface area contributed by atoms with Gasteiger partial charge < -0.3 is 10.2 Å². The highest BCUT2D eigenvalue weighted by molar-refractivity contribution is 5.82. The maximum atomic E-state index is 13.2. The molecular formula is C15H26F2N4O2. The second-order valence-corrected chi connectivity index (χ2v) is 6.47. The first-order valence-electron chi connectivity index (χ1n) is 8.22. The number of hydrogen-bond donors (Lipinski definition) is 2. The van der Waals surface area contributed by atoms with Crippen molar-refractivity contribution in [2.75, 3.05) is 39.3 Å². The van der Waals surface area contributed by atoms with E-state index in [0.717, 1.165) is 6.42 Å². The topological polar surface area (TPSA) is 64.7 Å². The van der Waals surface area contributed by atoms with E-state index >= 15 is 0 Å². The van der Waals surface area contributed by atoms with E-state index in [4.69, 9.17) is 0 Å². The molecule has 2 rings (SSSR count). The van der Waals surface area contributed by atoms with Crippen molar-refractivity contribution in [2.24, 2.45) is 0 Å². The number of amides is 2. The molecule has 2 aliphatic rings. The number of carbonyl (C=O) groups excluding carboxylic acids is 2. The molecule has 0 radical (unpaired) electrons. The molecule has 0 aromatic heterocycles. The molecule has 0 spiro atoms. The quantitative estimate of drug-likeness (QED) is 0.746. The highest BCUT2D eigenvalue weighted by atomic mass is 19.3. The number of nitrogens with one attached hydrogen (secondary N) is 2. The van der Waals surface area contributed by atoms with Crippen molar-refractivity contribution in [1.82, 2.24) is 20.4 Å². The maximum absolute atomic E-state index is 13.2. The van der Waals surface area contributed by atoms with Crippen molar-refractivity contribution in [3.63, 3.8) is 0 Å². The fourth-order valence-electron chi connectivity index (χ4n) is 2.86. The molecule has 2 fully saturated rings. The fraction of sp³-hybridized carbons (Fsp3) is 0.867. The van der Waals surface area contributed by atoms with Gasteiger partial charge in [-0.1, -0.05) is 6.92 Å². The zero-order valence-electron chi connectivity index (χ0n) is 13.8. The van der Waals surface area contributed by atoms with E-state index in [9.17, 15) is 18.4 Å². The summed E-state index contributed by atoms with van der Waals surface area (Å²) in [6.45, 7) is 5.96. The van der Waals surface area contributed by atoms with Crippen LogP contribution in [0.1, 0.15) is 26.7 Å². The Bertz CT molecular complexity index is 439. The van der Waals surface area contributed by atoms with Crippen LogP contribution in [0.15, 0.2) is 0 Å². The normalized spacial score (nSPS) is 26.1. The van der Waals surface area contributed by atoms with E-state index in [1.807, 2.05) is 18.7 Å². The predicted molar refractivity (Wildman–Crippen MR) is 82.3 cm³/mol. The molecule has 2 unspecified atom stereocenters. The first kappa shape index (κ1) is 18.1. The Morgan fingerprint density at radius 1 is 1.30 bits per heavy atom. The number of piperazine rings is 1. The lowest BCUT2D eigenvalue weighted by Crippen LogP contribution is -2.54. The van der Waals surface area contributed by atoms with Gasteiger partial charge in [0.15, 0.2) is 0 Å². The molecular weight excluding hydrogens is 306 g/mol. The molecule has 2 N–H and O–H groups in total. The van der Waals surface area contributed by atoms with E-state index in [1.165, 1.54) is 0 Å². The zero-order chi connectivity index (χ0) is 17.0. The van der Waals surface area contributed by atoms with Crippen LogP contribution in [0, 0.1) is 0 Å². The van der Waals surface area contributed by atoms with Gasteiger partial charge in [0.1, 0.15) is 0 Å². The van der Waals surface area contributed by atoms with Crippen molar-refractivity contribution in [3.8, 4) is 0 Å². The van der Waals surface area contributed by atoms with E-state index < -0.39 is 24.9 Å². The molecule has 8 heteroatoms. The summed E-state index contributed by atoms with van der Waals surface area (Å²) in [5, 5.41) is 5.51. The number of carbonyl (C=O) groups is 2. The van der Waals surface area contributed by atoms with Crippen LogP contribution in [0.5, 0.6) is 0 Å². The number of nitrogens with zero attached hydrogens (tertiary/aromatic N) is 2. The summed E-state index contributed by atoms with van der Waals surface area (Å²) in [6, 6.07) is -0.634. The maximum Gasteiger partial charge on any atom is 0.262 e. The minimum Gasteiger partial charge on any atom is -0.353 e. The monoisotopic (exact) mass is 332 g/mol. The molecule has 0 bridgehead atoms. The van der Waals surface area contributed by atoms with Crippen molar-refractivity contribution < 1.29 is 18.4 Å². The second kappa shape index (κ2) is 7.53. The molecule has 2 heterocycles. The van der Waals surface area contributed by atoms with Gasteiger partial charge in [-0.25, -0.2) is 8.78 Å². The lowest BCUT2D eigenvalue weighted by Gasteiger charge is -2.35. The van der Waals surface area contributed by atoms with Gasteiger partial charge in [0.05, 0.1) is 19.1 Å². The largest absolute Gasteiger partial charge is 0.353 e. The number of rotatable bonds is 5. The van der Waals surface area contributed by atoms with Crippen molar-refractivity contribution in [2.45, 2.75) is 44.7 Å². The average Bonchev–Trinajstić information content (AvgIpc) is 2.87. The third-order valence-corrected chi connectivity index (χ3v) is 4.48. The molecule has 6 nitrogen and oxygen atoms in total. The van der Waals surface area contributed by atoms with Crippen LogP contribution in [0.3, 0.4) is 0 Å². The summed E-state index contributed by atoms with van der Waals surface area (Å²) < 4.78 is 26.4. The van der Waals surface area contributed by atoms with Crippen LogP contribution in [0.4, 0.5) is 8.78 Å². The average molecular weight is 332 g/mol. The van der Waals surface area contributed by atoms with Crippen molar-refractivity contribution >= 4 is 11.8 Å².